The van der Waals surface area contributed by atoms with Crippen molar-refractivity contribution in [3.8, 4) is 22.8 Å². The summed E-state index contributed by atoms with van der Waals surface area (Å²) in [7, 11) is 1.65. The summed E-state index contributed by atoms with van der Waals surface area (Å²) in [5.41, 5.74) is 2.46. The number of rotatable bonds is 7. The van der Waals surface area contributed by atoms with Crippen molar-refractivity contribution in [2.45, 2.75) is 46.8 Å². The van der Waals surface area contributed by atoms with Crippen molar-refractivity contribution >= 4 is 16.8 Å². The lowest BCUT2D eigenvalue weighted by Crippen LogP contribution is -2.27. The molecule has 4 rings (SSSR count). The van der Waals surface area contributed by atoms with E-state index >= 15 is 0 Å². The number of carbonyl (C=O) groups is 1. The third kappa shape index (κ3) is 4.72. The van der Waals surface area contributed by atoms with E-state index in [9.17, 15) is 14.7 Å². The van der Waals surface area contributed by atoms with Crippen molar-refractivity contribution in [2.24, 2.45) is 7.05 Å². The lowest BCUT2D eigenvalue weighted by molar-refractivity contribution is 0.0582. The molecule has 35 heavy (non-hydrogen) atoms. The number of benzene rings is 1. The maximum Gasteiger partial charge on any atom is 0.274 e. The Kier molecular flexibility index (Phi) is 6.29. The number of aromatic nitrogens is 4. The molecule has 0 bridgehead atoms. The van der Waals surface area contributed by atoms with Gasteiger partial charge in [0.1, 0.15) is 22.7 Å². The number of carbonyl (C=O) groups excluding carboxylic acids is 1. The van der Waals surface area contributed by atoms with Crippen molar-refractivity contribution in [2.75, 3.05) is 6.54 Å². The number of nitrogens with one attached hydrogen (secondary N) is 2. The van der Waals surface area contributed by atoms with Crippen LogP contribution in [-0.4, -0.2) is 42.5 Å². The number of para-hydroxylation sites is 1. The second kappa shape index (κ2) is 9.07. The highest BCUT2D eigenvalue weighted by atomic mass is 16.5. The van der Waals surface area contributed by atoms with E-state index in [0.717, 1.165) is 16.9 Å². The summed E-state index contributed by atoms with van der Waals surface area (Å²) in [6, 6.07) is 7.58. The highest BCUT2D eigenvalue weighted by molar-refractivity contribution is 6.02. The average molecular weight is 478 g/mol. The number of pyridine rings is 1. The van der Waals surface area contributed by atoms with E-state index in [0.29, 0.717) is 34.5 Å². The second-order valence-electron chi connectivity index (χ2n) is 9.44. The third-order valence-corrected chi connectivity index (χ3v) is 5.77. The first kappa shape index (κ1) is 24.3. The number of aliphatic hydroxyl groups is 1. The molecule has 9 heteroatoms. The number of fused-ring (bicyclic) bond motifs is 1. The van der Waals surface area contributed by atoms with Gasteiger partial charge in [-0.05, 0) is 51.8 Å². The van der Waals surface area contributed by atoms with Crippen LogP contribution in [0, 0.1) is 13.8 Å². The summed E-state index contributed by atoms with van der Waals surface area (Å²) in [6.45, 7) is 9.82. The van der Waals surface area contributed by atoms with Crippen molar-refractivity contribution in [3.05, 3.63) is 63.8 Å². The normalized spacial score (nSPS) is 11.7. The van der Waals surface area contributed by atoms with Gasteiger partial charge < -0.3 is 24.7 Å². The van der Waals surface area contributed by atoms with Crippen LogP contribution in [-0.2, 0) is 13.6 Å². The number of aryl methyl sites for hydroxylation is 3. The zero-order valence-electron chi connectivity index (χ0n) is 20.9. The Bertz CT molecular complexity index is 1450. The van der Waals surface area contributed by atoms with Crippen molar-refractivity contribution < 1.29 is 14.6 Å². The van der Waals surface area contributed by atoms with Gasteiger partial charge >= 0.3 is 0 Å². The number of H-pyrrole nitrogens is 1. The zero-order chi connectivity index (χ0) is 25.5. The van der Waals surface area contributed by atoms with E-state index in [2.05, 4.69) is 15.4 Å². The van der Waals surface area contributed by atoms with Crippen LogP contribution >= 0.6 is 0 Å². The van der Waals surface area contributed by atoms with Crippen LogP contribution in [0.3, 0.4) is 0 Å². The predicted octanol–water partition coefficient (Wildman–Crippen LogP) is 3.66. The Morgan fingerprint density at radius 1 is 1.26 bits per heavy atom. The van der Waals surface area contributed by atoms with E-state index in [1.54, 1.807) is 44.0 Å². The first-order chi connectivity index (χ1) is 16.5. The molecule has 3 N–H and O–H groups in total. The molecular formula is C26H31N5O4. The standard InChI is InChI=1S/C26H31N5O4/c1-7-27-24(32)19-11-17-18(13-30(6)25(33)21(17)29-19)22-20(12-28-31(22)14-26(4,5)34)35-23-15(2)9-8-10-16(23)3/h8-13,29,34H,7,14H2,1-6H3,(H,27,32). The molecule has 0 radical (unpaired) electrons. The van der Waals surface area contributed by atoms with Gasteiger partial charge in [0.15, 0.2) is 5.75 Å². The molecule has 9 nitrogen and oxygen atoms in total. The summed E-state index contributed by atoms with van der Waals surface area (Å²) < 4.78 is 9.52. The molecule has 0 aliphatic heterocycles. The molecule has 0 unspecified atom stereocenters. The number of ether oxygens (including phenoxy) is 1. The fourth-order valence-electron chi connectivity index (χ4n) is 4.17. The van der Waals surface area contributed by atoms with E-state index in [1.165, 1.54) is 4.57 Å². The van der Waals surface area contributed by atoms with Crippen LogP contribution in [0.1, 0.15) is 42.4 Å². The van der Waals surface area contributed by atoms with Crippen LogP contribution in [0.2, 0.25) is 0 Å². The van der Waals surface area contributed by atoms with Crippen LogP contribution in [0.4, 0.5) is 0 Å². The molecule has 4 aromatic rings. The van der Waals surface area contributed by atoms with Crippen molar-refractivity contribution in [1.29, 1.82) is 0 Å². The van der Waals surface area contributed by atoms with Gasteiger partial charge in [-0.2, -0.15) is 5.10 Å². The molecule has 0 aliphatic carbocycles. The van der Waals surface area contributed by atoms with Crippen LogP contribution < -0.4 is 15.6 Å². The number of amides is 1. The van der Waals surface area contributed by atoms with Gasteiger partial charge in [-0.1, -0.05) is 18.2 Å². The molecule has 0 aliphatic rings. The van der Waals surface area contributed by atoms with E-state index in [1.807, 2.05) is 39.0 Å². The van der Waals surface area contributed by atoms with Gasteiger partial charge in [0.2, 0.25) is 0 Å². The smallest absolute Gasteiger partial charge is 0.274 e. The second-order valence-corrected chi connectivity index (χ2v) is 9.44. The molecule has 184 valence electrons. The lowest BCUT2D eigenvalue weighted by atomic mass is 10.1. The maximum absolute atomic E-state index is 12.9. The van der Waals surface area contributed by atoms with Gasteiger partial charge in [0.05, 0.1) is 18.3 Å². The van der Waals surface area contributed by atoms with Gasteiger partial charge in [-0.25, -0.2) is 0 Å². The molecule has 3 heterocycles. The summed E-state index contributed by atoms with van der Waals surface area (Å²) in [5.74, 6) is 0.899. The number of hydrogen-bond donors (Lipinski definition) is 3. The molecule has 0 spiro atoms. The Hall–Kier alpha value is -3.85. The summed E-state index contributed by atoms with van der Waals surface area (Å²) in [5, 5.41) is 18.4. The third-order valence-electron chi connectivity index (χ3n) is 5.77. The van der Waals surface area contributed by atoms with Crippen LogP contribution in [0.25, 0.3) is 22.2 Å². The van der Waals surface area contributed by atoms with Crippen molar-refractivity contribution in [1.82, 2.24) is 24.6 Å². The molecule has 0 saturated heterocycles. The molecule has 0 fully saturated rings. The minimum Gasteiger partial charge on any atom is -0.453 e. The van der Waals surface area contributed by atoms with E-state index < -0.39 is 5.60 Å². The van der Waals surface area contributed by atoms with Crippen molar-refractivity contribution in [3.63, 3.8) is 0 Å². The first-order valence-electron chi connectivity index (χ1n) is 11.5. The molecule has 0 saturated carbocycles. The van der Waals surface area contributed by atoms with Crippen LogP contribution in [0.15, 0.2) is 41.5 Å². The van der Waals surface area contributed by atoms with Gasteiger partial charge in [-0.3, -0.25) is 14.3 Å². The monoisotopic (exact) mass is 477 g/mol. The fourth-order valence-corrected chi connectivity index (χ4v) is 4.17. The quantitative estimate of drug-likeness (QED) is 0.376. The van der Waals surface area contributed by atoms with Crippen LogP contribution in [0.5, 0.6) is 11.5 Å². The molecule has 3 aromatic heterocycles. The minimum atomic E-state index is -1.05. The summed E-state index contributed by atoms with van der Waals surface area (Å²) in [4.78, 5) is 28.4. The summed E-state index contributed by atoms with van der Waals surface area (Å²) in [6.07, 6.45) is 3.32. The number of aromatic amines is 1. The predicted molar refractivity (Wildman–Crippen MR) is 135 cm³/mol. The SMILES string of the molecule is CCNC(=O)c1cc2c(-c3c(Oc4c(C)cccc4C)cnn3CC(C)(C)O)cn(C)c(=O)c2[nH]1. The highest BCUT2D eigenvalue weighted by Gasteiger charge is 2.25. The maximum atomic E-state index is 12.9. The van der Waals surface area contributed by atoms with Gasteiger partial charge in [0.25, 0.3) is 11.5 Å². The Labute approximate surface area is 203 Å². The topological polar surface area (TPSA) is 114 Å². The molecule has 1 amide bonds. The average Bonchev–Trinajstić information content (AvgIpc) is 3.38. The zero-order valence-corrected chi connectivity index (χ0v) is 20.9. The minimum absolute atomic E-state index is 0.191. The Balaban J connectivity index is 1.98. The lowest BCUT2D eigenvalue weighted by Gasteiger charge is -2.20. The molecule has 0 atom stereocenters. The Morgan fingerprint density at radius 3 is 2.57 bits per heavy atom. The van der Waals surface area contributed by atoms with Gasteiger partial charge in [0, 0.05) is 30.7 Å². The van der Waals surface area contributed by atoms with Gasteiger partial charge in [-0.15, -0.1) is 0 Å². The number of hydrogen-bond acceptors (Lipinski definition) is 5. The largest absolute Gasteiger partial charge is 0.453 e. The number of nitrogens with zero attached hydrogens (tertiary/aromatic N) is 3. The Morgan fingerprint density at radius 2 is 1.94 bits per heavy atom. The molecule has 1 aromatic carbocycles. The fraction of sp³-hybridized carbons (Fsp3) is 0.346. The van der Waals surface area contributed by atoms with E-state index in [4.69, 9.17) is 4.74 Å². The first-order valence-corrected chi connectivity index (χ1v) is 11.5. The highest BCUT2D eigenvalue weighted by Crippen LogP contribution is 2.39. The molecular weight excluding hydrogens is 446 g/mol. The van der Waals surface area contributed by atoms with E-state index in [-0.39, 0.29) is 23.7 Å². The summed E-state index contributed by atoms with van der Waals surface area (Å²) >= 11 is 0.